The van der Waals surface area contributed by atoms with Crippen LogP contribution in [-0.4, -0.2) is 29.3 Å². The molecule has 72 valence electrons. The lowest BCUT2D eigenvalue weighted by molar-refractivity contribution is 0.115. The molecule has 1 aromatic rings. The molecule has 1 fully saturated rings. The molecule has 0 bridgehead atoms. The summed E-state index contributed by atoms with van der Waals surface area (Å²) in [7, 11) is 0. The second-order valence-electron chi connectivity index (χ2n) is 3.03. The minimum Gasteiger partial charge on any atom is -0.389 e. The molecule has 5 heteroatoms. The van der Waals surface area contributed by atoms with Gasteiger partial charge in [-0.25, -0.2) is 10.0 Å². The molecule has 2 heterocycles. The fourth-order valence-corrected chi connectivity index (χ4v) is 1.26. The van der Waals surface area contributed by atoms with Gasteiger partial charge in [0.05, 0.1) is 24.3 Å². The maximum absolute atomic E-state index is 9.23. The molecule has 0 radical (unpaired) electrons. The van der Waals surface area contributed by atoms with Crippen LogP contribution in [0.1, 0.15) is 5.56 Å². The Balaban J connectivity index is 2.20. The van der Waals surface area contributed by atoms with Crippen LogP contribution in [0, 0.1) is 11.3 Å². The normalized spacial score (nSPS) is 20.9. The predicted molar refractivity (Wildman–Crippen MR) is 48.3 cm³/mol. The van der Waals surface area contributed by atoms with Gasteiger partial charge in [0.1, 0.15) is 6.61 Å². The minimum absolute atomic E-state index is 0.276. The first-order valence-electron chi connectivity index (χ1n) is 4.24. The zero-order valence-electron chi connectivity index (χ0n) is 7.42. The molecule has 14 heavy (non-hydrogen) atoms. The van der Waals surface area contributed by atoms with Gasteiger partial charge in [0, 0.05) is 12.3 Å². The minimum atomic E-state index is -0.484. The van der Waals surface area contributed by atoms with Crippen molar-refractivity contribution in [2.75, 3.05) is 18.2 Å². The van der Waals surface area contributed by atoms with Gasteiger partial charge in [-0.05, 0) is 6.07 Å². The van der Waals surface area contributed by atoms with Crippen LogP contribution >= 0.6 is 0 Å². The number of nitriles is 1. The Kier molecular flexibility index (Phi) is 2.31. The number of hydrogen-bond acceptors (Lipinski definition) is 5. The van der Waals surface area contributed by atoms with E-state index in [9.17, 15) is 5.11 Å². The molecule has 1 aliphatic rings. The maximum Gasteiger partial charge on any atom is 0.153 e. The highest BCUT2D eigenvalue weighted by molar-refractivity contribution is 5.43. The monoisotopic (exact) mass is 191 g/mol. The first-order valence-corrected chi connectivity index (χ1v) is 4.24. The van der Waals surface area contributed by atoms with Crippen LogP contribution in [0.2, 0.25) is 0 Å². The number of anilines is 1. The van der Waals surface area contributed by atoms with E-state index in [1.807, 2.05) is 6.07 Å². The maximum atomic E-state index is 9.23. The van der Waals surface area contributed by atoms with Crippen LogP contribution in [0.4, 0.5) is 5.82 Å². The van der Waals surface area contributed by atoms with Gasteiger partial charge < -0.3 is 5.11 Å². The fourth-order valence-electron chi connectivity index (χ4n) is 1.26. The van der Waals surface area contributed by atoms with Gasteiger partial charge in [0.2, 0.25) is 0 Å². The van der Waals surface area contributed by atoms with E-state index in [1.54, 1.807) is 18.3 Å². The van der Waals surface area contributed by atoms with Crippen molar-refractivity contribution in [2.45, 2.75) is 6.10 Å². The van der Waals surface area contributed by atoms with Crippen LogP contribution in [0.5, 0.6) is 0 Å². The second-order valence-corrected chi connectivity index (χ2v) is 3.03. The molecular formula is C9H9N3O2. The molecular weight excluding hydrogens is 182 g/mol. The molecule has 1 N–H and O–H groups in total. The molecule has 0 spiro atoms. The summed E-state index contributed by atoms with van der Waals surface area (Å²) in [5.74, 6) is 0.556. The van der Waals surface area contributed by atoms with E-state index in [0.29, 0.717) is 17.9 Å². The van der Waals surface area contributed by atoms with Crippen molar-refractivity contribution in [1.82, 2.24) is 4.98 Å². The summed E-state index contributed by atoms with van der Waals surface area (Å²) in [5.41, 5.74) is 0.528. The number of rotatable bonds is 1. The van der Waals surface area contributed by atoms with Crippen molar-refractivity contribution < 1.29 is 9.94 Å². The van der Waals surface area contributed by atoms with Crippen LogP contribution in [0.3, 0.4) is 0 Å². The third kappa shape index (κ3) is 1.66. The van der Waals surface area contributed by atoms with E-state index < -0.39 is 6.10 Å². The number of β-amino-alcohol motifs (C(OH)–C–C–N with tert-alkyl or cyclic N) is 1. The Bertz CT molecular complexity index is 375. The first kappa shape index (κ1) is 8.94. The van der Waals surface area contributed by atoms with E-state index in [-0.39, 0.29) is 6.61 Å². The molecule has 0 aliphatic carbocycles. The molecule has 1 atom stereocenters. The van der Waals surface area contributed by atoms with E-state index in [0.717, 1.165) is 0 Å². The summed E-state index contributed by atoms with van der Waals surface area (Å²) >= 11 is 0. The Morgan fingerprint density at radius 1 is 1.71 bits per heavy atom. The summed E-state index contributed by atoms with van der Waals surface area (Å²) in [6, 6.07) is 5.26. The van der Waals surface area contributed by atoms with Crippen LogP contribution in [0.25, 0.3) is 0 Å². The Hall–Kier alpha value is -1.64. The number of pyridine rings is 1. The summed E-state index contributed by atoms with van der Waals surface area (Å²) in [6.07, 6.45) is 1.06. The van der Waals surface area contributed by atoms with Crippen molar-refractivity contribution in [3.8, 4) is 6.07 Å². The number of aromatic nitrogens is 1. The molecule has 5 nitrogen and oxygen atoms in total. The SMILES string of the molecule is N#Cc1ccnc(N2CC(O)CO2)c1. The molecule has 0 saturated carbocycles. The highest BCUT2D eigenvalue weighted by atomic mass is 16.7. The lowest BCUT2D eigenvalue weighted by atomic mass is 10.3. The van der Waals surface area contributed by atoms with Gasteiger partial charge in [-0.3, -0.25) is 4.84 Å². The number of hydrogen-bond donors (Lipinski definition) is 1. The lowest BCUT2D eigenvalue weighted by Crippen LogP contribution is -2.21. The Labute approximate surface area is 81.1 Å². The summed E-state index contributed by atoms with van der Waals surface area (Å²) in [4.78, 5) is 9.20. The van der Waals surface area contributed by atoms with Crippen molar-refractivity contribution in [1.29, 1.82) is 5.26 Å². The highest BCUT2D eigenvalue weighted by Crippen LogP contribution is 2.17. The van der Waals surface area contributed by atoms with Crippen molar-refractivity contribution in [2.24, 2.45) is 0 Å². The first-order chi connectivity index (χ1) is 6.79. The molecule has 1 unspecified atom stereocenters. The van der Waals surface area contributed by atoms with Gasteiger partial charge >= 0.3 is 0 Å². The molecule has 1 saturated heterocycles. The van der Waals surface area contributed by atoms with Gasteiger partial charge in [0.15, 0.2) is 5.82 Å². The van der Waals surface area contributed by atoms with E-state index in [2.05, 4.69) is 4.98 Å². The highest BCUT2D eigenvalue weighted by Gasteiger charge is 2.22. The molecule has 1 aliphatic heterocycles. The van der Waals surface area contributed by atoms with Crippen LogP contribution in [0.15, 0.2) is 18.3 Å². The fraction of sp³-hybridized carbons (Fsp3) is 0.333. The van der Waals surface area contributed by atoms with Crippen LogP contribution < -0.4 is 5.06 Å². The average Bonchev–Trinajstić information content (AvgIpc) is 2.65. The van der Waals surface area contributed by atoms with Crippen molar-refractivity contribution in [3.05, 3.63) is 23.9 Å². The molecule has 0 aromatic carbocycles. The van der Waals surface area contributed by atoms with Gasteiger partial charge in [0.25, 0.3) is 0 Å². The van der Waals surface area contributed by atoms with Gasteiger partial charge in [-0.15, -0.1) is 0 Å². The Morgan fingerprint density at radius 3 is 3.21 bits per heavy atom. The van der Waals surface area contributed by atoms with Crippen molar-refractivity contribution >= 4 is 5.82 Å². The smallest absolute Gasteiger partial charge is 0.153 e. The molecule has 1 aromatic heterocycles. The molecule has 2 rings (SSSR count). The summed E-state index contributed by atoms with van der Waals surface area (Å²) < 4.78 is 0. The second kappa shape index (κ2) is 3.62. The number of aliphatic hydroxyl groups excluding tert-OH is 1. The van der Waals surface area contributed by atoms with Crippen LogP contribution in [-0.2, 0) is 4.84 Å². The average molecular weight is 191 g/mol. The standard InChI is InChI=1S/C9H9N3O2/c10-4-7-1-2-11-9(3-7)12-5-8(13)6-14-12/h1-3,8,13H,5-6H2. The van der Waals surface area contributed by atoms with E-state index in [4.69, 9.17) is 10.1 Å². The van der Waals surface area contributed by atoms with E-state index >= 15 is 0 Å². The topological polar surface area (TPSA) is 69.4 Å². The zero-order chi connectivity index (χ0) is 9.97. The molecule has 0 amide bonds. The zero-order valence-corrected chi connectivity index (χ0v) is 7.42. The summed E-state index contributed by atoms with van der Waals surface area (Å²) in [6.45, 7) is 0.667. The predicted octanol–water partition coefficient (Wildman–Crippen LogP) is 0.0658. The largest absolute Gasteiger partial charge is 0.389 e. The van der Waals surface area contributed by atoms with Gasteiger partial charge in [-0.1, -0.05) is 0 Å². The quantitative estimate of drug-likeness (QED) is 0.680. The van der Waals surface area contributed by atoms with Crippen molar-refractivity contribution in [3.63, 3.8) is 0 Å². The summed E-state index contributed by atoms with van der Waals surface area (Å²) in [5, 5.41) is 19.4. The van der Waals surface area contributed by atoms with E-state index in [1.165, 1.54) is 5.06 Å². The lowest BCUT2D eigenvalue weighted by Gasteiger charge is -2.13. The third-order valence-electron chi connectivity index (χ3n) is 1.93. The van der Waals surface area contributed by atoms with Gasteiger partial charge in [-0.2, -0.15) is 5.26 Å². The number of hydroxylamine groups is 1. The number of aliphatic hydroxyl groups is 1. The number of nitrogens with zero attached hydrogens (tertiary/aromatic N) is 3. The third-order valence-corrected chi connectivity index (χ3v) is 1.93. The Morgan fingerprint density at radius 2 is 2.57 bits per heavy atom.